The van der Waals surface area contributed by atoms with Gasteiger partial charge < -0.3 is 10.1 Å². The number of hydrogen-bond donors (Lipinski definition) is 1. The number of nitriles is 1. The maximum absolute atomic E-state index is 13.4. The summed E-state index contributed by atoms with van der Waals surface area (Å²) in [5.74, 6) is -0.558. The van der Waals surface area contributed by atoms with Gasteiger partial charge in [0.2, 0.25) is 0 Å². The smallest absolute Gasteiger partial charge is 0.273 e. The molecule has 8 heteroatoms. The van der Waals surface area contributed by atoms with Crippen molar-refractivity contribution >= 4 is 40.5 Å². The van der Waals surface area contributed by atoms with Crippen LogP contribution in [0.15, 0.2) is 53.3 Å². The van der Waals surface area contributed by atoms with E-state index in [1.807, 2.05) is 31.2 Å². The number of methoxy groups -OCH3 is 1. The molecule has 3 rings (SSSR count). The van der Waals surface area contributed by atoms with E-state index in [0.717, 1.165) is 22.5 Å². The van der Waals surface area contributed by atoms with Crippen LogP contribution in [0.1, 0.15) is 11.1 Å². The maximum atomic E-state index is 13.4. The molecular weight excluding hydrogens is 434 g/mol. The molecule has 1 N–H and O–H groups in total. The lowest BCUT2D eigenvalue weighted by molar-refractivity contribution is -0.115. The molecule has 0 spiro atoms. The van der Waals surface area contributed by atoms with Crippen molar-refractivity contribution in [3.63, 3.8) is 0 Å². The predicted octanol–water partition coefficient (Wildman–Crippen LogP) is 2.13. The molecule has 0 unspecified atom stereocenters. The van der Waals surface area contributed by atoms with Crippen LogP contribution in [0, 0.1) is 18.3 Å². The standard InChI is InChI=1S/C23H20ClN3O3S/c1-15-6-3-4-9-19(15)27-22(29)20(13-16-7-5-8-17(24)12-16)31-23(27)18(14-25)21(28)26-10-11-30-2/h3-9,12-13H,10-11H2,1-2H3,(H,26,28)/b20-13-,23-18-. The van der Waals surface area contributed by atoms with Crippen LogP contribution in [0.25, 0.3) is 17.3 Å². The van der Waals surface area contributed by atoms with Gasteiger partial charge in [0.25, 0.3) is 11.5 Å². The summed E-state index contributed by atoms with van der Waals surface area (Å²) >= 11 is 7.16. The van der Waals surface area contributed by atoms with Gasteiger partial charge in [0.1, 0.15) is 10.7 Å². The van der Waals surface area contributed by atoms with Crippen LogP contribution in [0.4, 0.5) is 0 Å². The van der Waals surface area contributed by atoms with E-state index in [9.17, 15) is 14.9 Å². The van der Waals surface area contributed by atoms with Gasteiger partial charge in [0.15, 0.2) is 5.57 Å². The lowest BCUT2D eigenvalue weighted by Gasteiger charge is -2.07. The van der Waals surface area contributed by atoms with Crippen LogP contribution in [-0.2, 0) is 9.53 Å². The predicted molar refractivity (Wildman–Crippen MR) is 123 cm³/mol. The van der Waals surface area contributed by atoms with Crippen molar-refractivity contribution < 1.29 is 9.53 Å². The number of nitrogens with zero attached hydrogens (tertiary/aromatic N) is 2. The summed E-state index contributed by atoms with van der Waals surface area (Å²) in [6, 6.07) is 16.4. The minimum Gasteiger partial charge on any atom is -0.383 e. The van der Waals surface area contributed by atoms with Crippen molar-refractivity contribution in [2.75, 3.05) is 20.3 Å². The first-order chi connectivity index (χ1) is 15.0. The van der Waals surface area contributed by atoms with E-state index in [1.165, 1.54) is 11.7 Å². The summed E-state index contributed by atoms with van der Waals surface area (Å²) < 4.78 is 7.02. The van der Waals surface area contributed by atoms with Gasteiger partial charge in [-0.2, -0.15) is 5.26 Å². The molecule has 0 aliphatic heterocycles. The normalized spacial score (nSPS) is 12.4. The van der Waals surface area contributed by atoms with Crippen molar-refractivity contribution in [2.24, 2.45) is 0 Å². The van der Waals surface area contributed by atoms with E-state index in [1.54, 1.807) is 36.4 Å². The average molecular weight is 454 g/mol. The second kappa shape index (κ2) is 10.2. The molecule has 0 bridgehead atoms. The van der Waals surface area contributed by atoms with Crippen molar-refractivity contribution in [3.05, 3.63) is 84.2 Å². The highest BCUT2D eigenvalue weighted by molar-refractivity contribution is 7.07. The Morgan fingerprint density at radius 3 is 2.74 bits per heavy atom. The van der Waals surface area contributed by atoms with E-state index < -0.39 is 5.91 Å². The largest absolute Gasteiger partial charge is 0.383 e. The molecule has 1 aromatic heterocycles. The van der Waals surface area contributed by atoms with E-state index in [2.05, 4.69) is 5.32 Å². The minimum absolute atomic E-state index is 0.132. The molecule has 0 atom stereocenters. The van der Waals surface area contributed by atoms with E-state index in [4.69, 9.17) is 16.3 Å². The Morgan fingerprint density at radius 2 is 2.06 bits per heavy atom. The van der Waals surface area contributed by atoms with Crippen molar-refractivity contribution in [1.82, 2.24) is 9.88 Å². The third-order valence-electron chi connectivity index (χ3n) is 4.47. The molecule has 1 heterocycles. The topological polar surface area (TPSA) is 84.1 Å². The second-order valence-corrected chi connectivity index (χ2v) is 8.10. The Labute approximate surface area is 188 Å². The molecule has 0 saturated heterocycles. The number of thiazole rings is 1. The Bertz CT molecular complexity index is 1340. The number of nitrogens with one attached hydrogen (secondary N) is 1. The molecule has 6 nitrogen and oxygen atoms in total. The Balaban J connectivity index is 2.32. The van der Waals surface area contributed by atoms with Gasteiger partial charge in [-0.15, -0.1) is 11.3 Å². The number of rotatable bonds is 6. The quantitative estimate of drug-likeness (QED) is 0.579. The van der Waals surface area contributed by atoms with Gasteiger partial charge in [-0.25, -0.2) is 0 Å². The molecule has 3 aromatic rings. The number of halogens is 1. The summed E-state index contributed by atoms with van der Waals surface area (Å²) in [7, 11) is 1.52. The molecule has 158 valence electrons. The van der Waals surface area contributed by atoms with Gasteiger partial charge in [0.05, 0.1) is 16.8 Å². The van der Waals surface area contributed by atoms with Crippen LogP contribution in [0.3, 0.4) is 0 Å². The molecule has 0 aliphatic carbocycles. The fourth-order valence-corrected chi connectivity index (χ4v) is 4.28. The second-order valence-electron chi connectivity index (χ2n) is 6.63. The fourth-order valence-electron chi connectivity index (χ4n) is 2.98. The maximum Gasteiger partial charge on any atom is 0.273 e. The van der Waals surface area contributed by atoms with E-state index in [-0.39, 0.29) is 22.3 Å². The summed E-state index contributed by atoms with van der Waals surface area (Å²) in [6.07, 6.45) is 1.70. The average Bonchev–Trinajstić information content (AvgIpc) is 3.05. The zero-order chi connectivity index (χ0) is 22.4. The minimum atomic E-state index is -0.558. The lowest BCUT2D eigenvalue weighted by Crippen LogP contribution is -2.35. The fraction of sp³-hybridized carbons (Fsp3) is 0.174. The van der Waals surface area contributed by atoms with Crippen LogP contribution in [0.2, 0.25) is 5.02 Å². The molecule has 0 fully saturated rings. The molecular formula is C23H20ClN3O3S. The zero-order valence-corrected chi connectivity index (χ0v) is 18.6. The first kappa shape index (κ1) is 22.5. The first-order valence-electron chi connectivity index (χ1n) is 9.43. The Morgan fingerprint density at radius 1 is 1.29 bits per heavy atom. The Hall–Kier alpha value is -3.18. The van der Waals surface area contributed by atoms with Crippen molar-refractivity contribution in [3.8, 4) is 11.8 Å². The lowest BCUT2D eigenvalue weighted by atomic mass is 10.2. The monoisotopic (exact) mass is 453 g/mol. The van der Waals surface area contributed by atoms with Gasteiger partial charge in [-0.05, 0) is 42.3 Å². The summed E-state index contributed by atoms with van der Waals surface area (Å²) in [6.45, 7) is 2.43. The number of aromatic nitrogens is 1. The highest BCUT2D eigenvalue weighted by Crippen LogP contribution is 2.12. The van der Waals surface area contributed by atoms with Gasteiger partial charge in [0, 0.05) is 18.7 Å². The SMILES string of the molecule is COCCNC(=O)/C(C#N)=c1\s/c(=C\c2cccc(Cl)c2)c(=O)n1-c1ccccc1C. The van der Waals surface area contributed by atoms with Gasteiger partial charge in [-0.1, -0.05) is 41.9 Å². The van der Waals surface area contributed by atoms with E-state index in [0.29, 0.717) is 21.8 Å². The Kier molecular flexibility index (Phi) is 7.42. The molecule has 31 heavy (non-hydrogen) atoms. The number of hydrogen-bond acceptors (Lipinski definition) is 5. The van der Waals surface area contributed by atoms with Crippen LogP contribution in [0.5, 0.6) is 0 Å². The molecule has 1 amide bonds. The van der Waals surface area contributed by atoms with Gasteiger partial charge >= 0.3 is 0 Å². The molecule has 0 saturated carbocycles. The number of amides is 1. The number of benzene rings is 2. The summed E-state index contributed by atoms with van der Waals surface area (Å²) in [4.78, 5) is 26.0. The number of carbonyl (C=O) groups excluding carboxylic acids is 1. The van der Waals surface area contributed by atoms with Crippen molar-refractivity contribution in [2.45, 2.75) is 6.92 Å². The van der Waals surface area contributed by atoms with E-state index >= 15 is 0 Å². The zero-order valence-electron chi connectivity index (χ0n) is 17.0. The highest BCUT2D eigenvalue weighted by Gasteiger charge is 2.17. The third-order valence-corrected chi connectivity index (χ3v) is 5.80. The number of para-hydroxylation sites is 1. The number of ether oxygens (including phenoxy) is 1. The summed E-state index contributed by atoms with van der Waals surface area (Å²) in [5.41, 5.74) is 1.76. The van der Waals surface area contributed by atoms with Crippen molar-refractivity contribution in [1.29, 1.82) is 5.26 Å². The number of aryl methyl sites for hydroxylation is 1. The molecule has 0 radical (unpaired) electrons. The third kappa shape index (κ3) is 5.12. The van der Waals surface area contributed by atoms with Crippen LogP contribution >= 0.6 is 22.9 Å². The number of carbonyl (C=O) groups is 1. The summed E-state index contributed by atoms with van der Waals surface area (Å²) in [5, 5.41) is 13.0. The van der Waals surface area contributed by atoms with Crippen LogP contribution in [-0.4, -0.2) is 30.7 Å². The van der Waals surface area contributed by atoms with Gasteiger partial charge in [-0.3, -0.25) is 14.2 Å². The highest BCUT2D eigenvalue weighted by atomic mass is 35.5. The van der Waals surface area contributed by atoms with Crippen LogP contribution < -0.4 is 20.1 Å². The molecule has 0 aliphatic rings. The first-order valence-corrected chi connectivity index (χ1v) is 10.6. The molecule has 2 aromatic carbocycles.